The molecule has 0 atom stereocenters. The minimum absolute atomic E-state index is 0.114. The van der Waals surface area contributed by atoms with Gasteiger partial charge in [-0.25, -0.2) is 4.79 Å². The van der Waals surface area contributed by atoms with Gasteiger partial charge in [-0.1, -0.05) is 12.1 Å². The molecule has 142 valence electrons. The molecule has 1 aliphatic heterocycles. The maximum atomic E-state index is 12.9. The monoisotopic (exact) mass is 359 g/mol. The van der Waals surface area contributed by atoms with Gasteiger partial charge in [-0.3, -0.25) is 9.69 Å². The van der Waals surface area contributed by atoms with Gasteiger partial charge < -0.3 is 15.4 Å². The lowest BCUT2D eigenvalue weighted by atomic mass is 9.85. The number of esters is 1. The lowest BCUT2D eigenvalue weighted by molar-refractivity contribution is -0.140. The fourth-order valence-electron chi connectivity index (χ4n) is 4.02. The Bertz CT molecular complexity index is 624. The Hall–Kier alpha value is -2.08. The van der Waals surface area contributed by atoms with E-state index in [1.165, 1.54) is 7.11 Å². The smallest absolute Gasteiger partial charge is 0.324 e. The number of nitrogens with zero attached hydrogens (tertiary/aromatic N) is 2. The van der Waals surface area contributed by atoms with E-state index in [4.69, 9.17) is 5.73 Å². The number of hydrogen-bond donors (Lipinski definition) is 1. The molecule has 2 aliphatic rings. The fourth-order valence-corrected chi connectivity index (χ4v) is 4.02. The number of benzene rings is 1. The Morgan fingerprint density at radius 3 is 2.46 bits per heavy atom. The number of amides is 2. The summed E-state index contributed by atoms with van der Waals surface area (Å²) in [6.45, 7) is 2.28. The molecule has 6 nitrogen and oxygen atoms in total. The molecule has 0 unspecified atom stereocenters. The number of carbonyl (C=O) groups excluding carboxylic acids is 2. The van der Waals surface area contributed by atoms with Crippen LogP contribution in [0.25, 0.3) is 0 Å². The van der Waals surface area contributed by atoms with Crippen LogP contribution in [0.4, 0.5) is 10.5 Å². The quantitative estimate of drug-likeness (QED) is 0.792. The number of aryl methyl sites for hydroxylation is 1. The highest BCUT2D eigenvalue weighted by Crippen LogP contribution is 2.30. The zero-order valence-corrected chi connectivity index (χ0v) is 15.5. The van der Waals surface area contributed by atoms with E-state index in [1.54, 1.807) is 0 Å². The molecule has 2 amide bonds. The van der Waals surface area contributed by atoms with Gasteiger partial charge in [-0.05, 0) is 62.3 Å². The topological polar surface area (TPSA) is 75.9 Å². The Balaban J connectivity index is 1.57. The third-order valence-electron chi connectivity index (χ3n) is 5.72. The zero-order valence-electron chi connectivity index (χ0n) is 15.5. The van der Waals surface area contributed by atoms with Crippen LogP contribution in [0, 0.1) is 5.92 Å². The summed E-state index contributed by atoms with van der Waals surface area (Å²) >= 11 is 0. The van der Waals surface area contributed by atoms with E-state index in [2.05, 4.69) is 4.74 Å². The molecule has 1 aromatic carbocycles. The molecule has 1 saturated carbocycles. The summed E-state index contributed by atoms with van der Waals surface area (Å²) < 4.78 is 4.67. The summed E-state index contributed by atoms with van der Waals surface area (Å²) in [5, 5.41) is 0. The SMILES string of the molecule is COC(=O)CCc1ccc(N2CCN(C3CCC(CN)CC3)C2=O)cc1. The molecule has 0 aromatic heterocycles. The summed E-state index contributed by atoms with van der Waals surface area (Å²) in [5.74, 6) is 0.418. The highest BCUT2D eigenvalue weighted by atomic mass is 16.5. The predicted octanol–water partition coefficient (Wildman–Crippen LogP) is 2.55. The molecule has 0 bridgehead atoms. The molecule has 2 fully saturated rings. The highest BCUT2D eigenvalue weighted by Gasteiger charge is 2.36. The maximum absolute atomic E-state index is 12.9. The average molecular weight is 359 g/mol. The van der Waals surface area contributed by atoms with Crippen LogP contribution in [0.15, 0.2) is 24.3 Å². The minimum atomic E-state index is -0.205. The van der Waals surface area contributed by atoms with Gasteiger partial charge in [-0.2, -0.15) is 0 Å². The minimum Gasteiger partial charge on any atom is -0.469 e. The molecule has 26 heavy (non-hydrogen) atoms. The summed E-state index contributed by atoms with van der Waals surface area (Å²) in [7, 11) is 1.40. The molecular formula is C20H29N3O3. The van der Waals surface area contributed by atoms with Crippen molar-refractivity contribution in [1.82, 2.24) is 4.90 Å². The first-order valence-corrected chi connectivity index (χ1v) is 9.56. The molecule has 0 spiro atoms. The van der Waals surface area contributed by atoms with Gasteiger partial charge in [0, 0.05) is 31.2 Å². The van der Waals surface area contributed by atoms with Crippen molar-refractivity contribution in [3.05, 3.63) is 29.8 Å². The van der Waals surface area contributed by atoms with Crippen LogP contribution < -0.4 is 10.6 Å². The zero-order chi connectivity index (χ0) is 18.5. The Morgan fingerprint density at radius 2 is 1.85 bits per heavy atom. The van der Waals surface area contributed by atoms with Crippen LogP contribution in [0.3, 0.4) is 0 Å². The second kappa shape index (κ2) is 8.54. The van der Waals surface area contributed by atoms with E-state index < -0.39 is 0 Å². The number of urea groups is 1. The van der Waals surface area contributed by atoms with Crippen LogP contribution in [0.1, 0.15) is 37.7 Å². The lowest BCUT2D eigenvalue weighted by Crippen LogP contribution is -2.42. The number of ether oxygens (including phenoxy) is 1. The van der Waals surface area contributed by atoms with E-state index in [0.29, 0.717) is 24.8 Å². The molecule has 2 N–H and O–H groups in total. The first kappa shape index (κ1) is 18.7. The van der Waals surface area contributed by atoms with Crippen molar-refractivity contribution in [2.75, 3.05) is 31.6 Å². The van der Waals surface area contributed by atoms with E-state index in [0.717, 1.165) is 56.6 Å². The van der Waals surface area contributed by atoms with Gasteiger partial charge in [0.25, 0.3) is 0 Å². The third kappa shape index (κ3) is 4.18. The lowest BCUT2D eigenvalue weighted by Gasteiger charge is -2.34. The molecule has 3 rings (SSSR count). The number of nitrogens with two attached hydrogens (primary N) is 1. The summed E-state index contributed by atoms with van der Waals surface area (Å²) in [6, 6.07) is 8.39. The fraction of sp³-hybridized carbons (Fsp3) is 0.600. The number of rotatable bonds is 6. The molecule has 1 saturated heterocycles. The first-order valence-electron chi connectivity index (χ1n) is 9.56. The van der Waals surface area contributed by atoms with E-state index in [9.17, 15) is 9.59 Å². The average Bonchev–Trinajstić information content (AvgIpc) is 3.08. The second-order valence-electron chi connectivity index (χ2n) is 7.28. The second-order valence-corrected chi connectivity index (χ2v) is 7.28. The number of anilines is 1. The molecule has 0 radical (unpaired) electrons. The Kier molecular flexibility index (Phi) is 6.14. The van der Waals surface area contributed by atoms with Gasteiger partial charge in [0.15, 0.2) is 0 Å². The normalized spacial score (nSPS) is 23.4. The molecular weight excluding hydrogens is 330 g/mol. The van der Waals surface area contributed by atoms with Crippen molar-refractivity contribution in [1.29, 1.82) is 0 Å². The Labute approximate surface area is 155 Å². The van der Waals surface area contributed by atoms with Crippen LogP contribution >= 0.6 is 0 Å². The molecule has 1 heterocycles. The number of methoxy groups -OCH3 is 1. The van der Waals surface area contributed by atoms with Crippen LogP contribution in [0.2, 0.25) is 0 Å². The standard InChI is InChI=1S/C20H29N3O3/c1-26-19(24)11-6-15-2-7-17(8-3-15)22-12-13-23(20(22)25)18-9-4-16(14-21)5-10-18/h2-3,7-8,16,18H,4-6,9-14,21H2,1H3. The van der Waals surface area contributed by atoms with E-state index >= 15 is 0 Å². The Morgan fingerprint density at radius 1 is 1.15 bits per heavy atom. The summed E-state index contributed by atoms with van der Waals surface area (Å²) in [6.07, 6.45) is 5.40. The van der Waals surface area contributed by atoms with E-state index in [-0.39, 0.29) is 12.0 Å². The van der Waals surface area contributed by atoms with Crippen molar-refractivity contribution in [3.8, 4) is 0 Å². The highest BCUT2D eigenvalue weighted by molar-refractivity contribution is 5.94. The van der Waals surface area contributed by atoms with Gasteiger partial charge in [0.2, 0.25) is 0 Å². The van der Waals surface area contributed by atoms with Gasteiger partial charge in [0.1, 0.15) is 0 Å². The van der Waals surface area contributed by atoms with Crippen LogP contribution in [0.5, 0.6) is 0 Å². The van der Waals surface area contributed by atoms with Crippen molar-refractivity contribution in [3.63, 3.8) is 0 Å². The van der Waals surface area contributed by atoms with Crippen LogP contribution in [-0.2, 0) is 16.0 Å². The first-order chi connectivity index (χ1) is 12.6. The molecule has 1 aromatic rings. The molecule has 1 aliphatic carbocycles. The van der Waals surface area contributed by atoms with Crippen molar-refractivity contribution >= 4 is 17.7 Å². The predicted molar refractivity (Wildman–Crippen MR) is 101 cm³/mol. The third-order valence-corrected chi connectivity index (χ3v) is 5.72. The number of carbonyl (C=O) groups is 2. The largest absolute Gasteiger partial charge is 0.469 e. The van der Waals surface area contributed by atoms with E-state index in [1.807, 2.05) is 34.1 Å². The van der Waals surface area contributed by atoms with Gasteiger partial charge in [-0.15, -0.1) is 0 Å². The summed E-state index contributed by atoms with van der Waals surface area (Å²) in [4.78, 5) is 28.0. The van der Waals surface area contributed by atoms with Gasteiger partial charge in [0.05, 0.1) is 7.11 Å². The maximum Gasteiger partial charge on any atom is 0.324 e. The van der Waals surface area contributed by atoms with Crippen molar-refractivity contribution in [2.24, 2.45) is 11.7 Å². The molecule has 6 heteroatoms. The van der Waals surface area contributed by atoms with Crippen molar-refractivity contribution < 1.29 is 14.3 Å². The van der Waals surface area contributed by atoms with Gasteiger partial charge >= 0.3 is 12.0 Å². The summed E-state index contributed by atoms with van der Waals surface area (Å²) in [5.41, 5.74) is 7.77. The number of hydrogen-bond acceptors (Lipinski definition) is 4. The van der Waals surface area contributed by atoms with Crippen LogP contribution in [-0.4, -0.2) is 49.7 Å². The van der Waals surface area contributed by atoms with Crippen molar-refractivity contribution in [2.45, 2.75) is 44.6 Å².